The fourth-order valence-electron chi connectivity index (χ4n) is 1.70. The zero-order chi connectivity index (χ0) is 12.6. The minimum absolute atomic E-state index is 0.758. The summed E-state index contributed by atoms with van der Waals surface area (Å²) in [6.07, 6.45) is 0.891. The normalized spacial score (nSPS) is 9.33. The van der Waals surface area contributed by atoms with Crippen LogP contribution in [0.4, 0.5) is 0 Å². The number of aldehydes is 1. The van der Waals surface area contributed by atoms with Crippen molar-refractivity contribution in [3.63, 3.8) is 0 Å². The number of rotatable bonds is 1. The van der Waals surface area contributed by atoms with Crippen LogP contribution in [0.25, 0.3) is 10.8 Å². The summed E-state index contributed by atoms with van der Waals surface area (Å²) < 4.78 is 0. The number of carbonyl (C=O) groups is 1. The molecule has 0 amide bonds. The van der Waals surface area contributed by atoms with Gasteiger partial charge in [0.25, 0.3) is 0 Å². The maximum atomic E-state index is 10.6. The third kappa shape index (κ3) is 3.05. The predicted molar refractivity (Wildman–Crippen MR) is 74.6 cm³/mol. The van der Waals surface area contributed by atoms with Crippen LogP contribution in [-0.4, -0.2) is 6.29 Å². The smallest absolute Gasteiger partial charge is 0.150 e. The molecule has 3 aromatic rings. The van der Waals surface area contributed by atoms with E-state index in [4.69, 9.17) is 0 Å². The third-order valence-electron chi connectivity index (χ3n) is 2.56. The number of hydrogen-bond acceptors (Lipinski definition) is 1. The van der Waals surface area contributed by atoms with E-state index < -0.39 is 0 Å². The van der Waals surface area contributed by atoms with Crippen LogP contribution in [0.15, 0.2) is 72.8 Å². The van der Waals surface area contributed by atoms with Gasteiger partial charge in [0.15, 0.2) is 6.29 Å². The first-order chi connectivity index (χ1) is 8.92. The molecule has 1 heteroatoms. The summed E-state index contributed by atoms with van der Waals surface area (Å²) in [4.78, 5) is 10.6. The van der Waals surface area contributed by atoms with Crippen LogP contribution in [0.3, 0.4) is 0 Å². The van der Waals surface area contributed by atoms with Crippen molar-refractivity contribution < 1.29 is 4.79 Å². The van der Waals surface area contributed by atoms with Gasteiger partial charge in [-0.1, -0.05) is 72.8 Å². The van der Waals surface area contributed by atoms with Gasteiger partial charge in [-0.15, -0.1) is 0 Å². The van der Waals surface area contributed by atoms with E-state index in [0.717, 1.165) is 22.6 Å². The maximum Gasteiger partial charge on any atom is 0.150 e. The summed E-state index contributed by atoms with van der Waals surface area (Å²) in [5, 5.41) is 2.14. The van der Waals surface area contributed by atoms with Crippen molar-refractivity contribution in [2.75, 3.05) is 0 Å². The van der Waals surface area contributed by atoms with E-state index in [1.807, 2.05) is 72.8 Å². The zero-order valence-electron chi connectivity index (χ0n) is 9.91. The molecule has 3 rings (SSSR count). The Balaban J connectivity index is 0.000000169. The van der Waals surface area contributed by atoms with Crippen LogP contribution in [0.2, 0.25) is 0 Å². The van der Waals surface area contributed by atoms with E-state index >= 15 is 0 Å². The fourth-order valence-corrected chi connectivity index (χ4v) is 1.70. The van der Waals surface area contributed by atoms with Crippen LogP contribution in [-0.2, 0) is 0 Å². The molecule has 1 nitrogen and oxygen atoms in total. The average Bonchev–Trinajstić information content (AvgIpc) is 2.49. The molecule has 87 valence electrons. The van der Waals surface area contributed by atoms with Crippen molar-refractivity contribution in [1.82, 2.24) is 0 Å². The number of benzene rings is 3. The zero-order valence-corrected chi connectivity index (χ0v) is 9.91. The first-order valence-corrected chi connectivity index (χ1v) is 5.76. The molecule has 0 saturated carbocycles. The molecule has 0 aliphatic heterocycles. The van der Waals surface area contributed by atoms with E-state index in [9.17, 15) is 4.79 Å². The average molecular weight is 233 g/mol. The highest BCUT2D eigenvalue weighted by Crippen LogP contribution is 2.16. The molecular weight excluding hydrogens is 220 g/mol. The van der Waals surface area contributed by atoms with Gasteiger partial charge in [-0.3, -0.25) is 4.79 Å². The van der Waals surface area contributed by atoms with Gasteiger partial charge in [-0.25, -0.2) is 0 Å². The third-order valence-corrected chi connectivity index (χ3v) is 2.56. The highest BCUT2D eigenvalue weighted by molar-refractivity contribution is 5.97. The Morgan fingerprint density at radius 3 is 2.11 bits per heavy atom. The van der Waals surface area contributed by atoms with Crippen molar-refractivity contribution in [2.24, 2.45) is 0 Å². The van der Waals surface area contributed by atoms with Crippen LogP contribution >= 0.6 is 0 Å². The van der Waals surface area contributed by atoms with Gasteiger partial charge < -0.3 is 0 Å². The summed E-state index contributed by atoms with van der Waals surface area (Å²) in [7, 11) is 0. The molecule has 0 saturated heterocycles. The van der Waals surface area contributed by atoms with Crippen LogP contribution in [0.1, 0.15) is 10.4 Å². The Bertz CT molecular complexity index is 583. The lowest BCUT2D eigenvalue weighted by atomic mass is 10.1. The molecule has 0 fully saturated rings. The SMILES string of the molecule is O=Cc1cccc2ccccc12.[c]1ccccc1. The Kier molecular flexibility index (Phi) is 4.26. The monoisotopic (exact) mass is 233 g/mol. The topological polar surface area (TPSA) is 17.1 Å². The molecule has 0 spiro atoms. The lowest BCUT2D eigenvalue weighted by Gasteiger charge is -1.98. The van der Waals surface area contributed by atoms with Gasteiger partial charge in [0.2, 0.25) is 0 Å². The number of hydrogen-bond donors (Lipinski definition) is 0. The summed E-state index contributed by atoms with van der Waals surface area (Å²) in [5.74, 6) is 0. The second-order valence-corrected chi connectivity index (χ2v) is 3.76. The first kappa shape index (κ1) is 12.1. The summed E-state index contributed by atoms with van der Waals surface area (Å²) in [5.41, 5.74) is 0.758. The van der Waals surface area contributed by atoms with Crippen LogP contribution in [0, 0.1) is 6.07 Å². The largest absolute Gasteiger partial charge is 0.298 e. The molecule has 0 atom stereocenters. The number of fused-ring (bicyclic) bond motifs is 1. The lowest BCUT2D eigenvalue weighted by molar-refractivity contribution is 0.112. The molecular formula is C17H13O. The summed E-state index contributed by atoms with van der Waals surface area (Å²) in [6, 6.07) is 26.1. The van der Waals surface area contributed by atoms with E-state index in [0.29, 0.717) is 0 Å². The maximum absolute atomic E-state index is 10.6. The Morgan fingerprint density at radius 1 is 0.778 bits per heavy atom. The standard InChI is InChI=1S/C11H8O.C6H5/c12-8-10-6-3-5-9-4-1-2-7-11(9)10;1-2-4-6-5-3-1/h1-8H;1-5H. The van der Waals surface area contributed by atoms with Crippen LogP contribution < -0.4 is 0 Å². The van der Waals surface area contributed by atoms with Crippen molar-refractivity contribution in [1.29, 1.82) is 0 Å². The lowest BCUT2D eigenvalue weighted by Crippen LogP contribution is -1.81. The molecule has 0 heterocycles. The Labute approximate surface area is 107 Å². The van der Waals surface area contributed by atoms with E-state index in [1.165, 1.54) is 0 Å². The summed E-state index contributed by atoms with van der Waals surface area (Å²) >= 11 is 0. The second-order valence-electron chi connectivity index (χ2n) is 3.76. The minimum Gasteiger partial charge on any atom is -0.298 e. The predicted octanol–water partition coefficient (Wildman–Crippen LogP) is 4.14. The molecule has 18 heavy (non-hydrogen) atoms. The van der Waals surface area contributed by atoms with Crippen molar-refractivity contribution in [3.8, 4) is 0 Å². The van der Waals surface area contributed by atoms with E-state index in [-0.39, 0.29) is 0 Å². The quantitative estimate of drug-likeness (QED) is 0.577. The first-order valence-electron chi connectivity index (χ1n) is 5.76. The molecule has 0 aromatic heterocycles. The Hall–Kier alpha value is -2.41. The van der Waals surface area contributed by atoms with E-state index in [1.54, 1.807) is 0 Å². The van der Waals surface area contributed by atoms with Gasteiger partial charge in [-0.2, -0.15) is 0 Å². The minimum atomic E-state index is 0.758. The molecule has 3 aromatic carbocycles. The van der Waals surface area contributed by atoms with Gasteiger partial charge >= 0.3 is 0 Å². The molecule has 0 N–H and O–H groups in total. The van der Waals surface area contributed by atoms with Gasteiger partial charge in [-0.05, 0) is 16.8 Å². The highest BCUT2D eigenvalue weighted by atomic mass is 16.1. The molecule has 1 radical (unpaired) electrons. The highest BCUT2D eigenvalue weighted by Gasteiger charge is 1.96. The van der Waals surface area contributed by atoms with Crippen LogP contribution in [0.5, 0.6) is 0 Å². The van der Waals surface area contributed by atoms with Gasteiger partial charge in [0.05, 0.1) is 0 Å². The fraction of sp³-hybridized carbons (Fsp3) is 0. The Morgan fingerprint density at radius 2 is 1.50 bits per heavy atom. The van der Waals surface area contributed by atoms with E-state index in [2.05, 4.69) is 6.07 Å². The van der Waals surface area contributed by atoms with Crippen molar-refractivity contribution in [3.05, 3.63) is 84.4 Å². The van der Waals surface area contributed by atoms with Gasteiger partial charge in [0, 0.05) is 5.56 Å². The molecule has 0 bridgehead atoms. The van der Waals surface area contributed by atoms with Crippen molar-refractivity contribution >= 4 is 17.1 Å². The van der Waals surface area contributed by atoms with Crippen molar-refractivity contribution in [2.45, 2.75) is 0 Å². The molecule has 0 aliphatic rings. The molecule has 0 unspecified atom stereocenters. The summed E-state index contributed by atoms with van der Waals surface area (Å²) in [6.45, 7) is 0. The number of carbonyl (C=O) groups excluding carboxylic acids is 1. The molecule has 0 aliphatic carbocycles. The second kappa shape index (κ2) is 6.36. The van der Waals surface area contributed by atoms with Gasteiger partial charge in [0.1, 0.15) is 0 Å².